The largest absolute Gasteiger partial charge is 0.380 e. The molecule has 98 valence electrons. The molecule has 3 nitrogen and oxygen atoms in total. The summed E-state index contributed by atoms with van der Waals surface area (Å²) in [5, 5.41) is 0. The molecule has 1 aromatic carbocycles. The van der Waals surface area contributed by atoms with Crippen LogP contribution in [0.1, 0.15) is 28.8 Å². The third kappa shape index (κ3) is 2.70. The zero-order valence-electron chi connectivity index (χ0n) is 10.8. The molecule has 4 heteroatoms. The second-order valence-corrected chi connectivity index (χ2v) is 4.71. The molecule has 18 heavy (non-hydrogen) atoms. The van der Waals surface area contributed by atoms with E-state index in [1.54, 1.807) is 25.0 Å². The lowest BCUT2D eigenvalue weighted by Crippen LogP contribution is -2.43. The van der Waals surface area contributed by atoms with Crippen molar-refractivity contribution in [2.75, 3.05) is 20.2 Å². The summed E-state index contributed by atoms with van der Waals surface area (Å²) < 4.78 is 18.3. The topological polar surface area (TPSA) is 29.5 Å². The number of hydrogen-bond donors (Lipinski definition) is 0. The van der Waals surface area contributed by atoms with E-state index < -0.39 is 0 Å². The number of benzene rings is 1. The number of piperidine rings is 1. The Morgan fingerprint density at radius 2 is 2.28 bits per heavy atom. The van der Waals surface area contributed by atoms with Crippen LogP contribution in [0.5, 0.6) is 0 Å². The molecular formula is C14H18FNO2. The van der Waals surface area contributed by atoms with Crippen molar-refractivity contribution in [3.8, 4) is 0 Å². The maximum atomic E-state index is 13.0. The summed E-state index contributed by atoms with van der Waals surface area (Å²) in [4.78, 5) is 14.1. The number of hydrogen-bond acceptors (Lipinski definition) is 2. The molecule has 1 aliphatic rings. The van der Waals surface area contributed by atoms with Gasteiger partial charge >= 0.3 is 0 Å². The molecule has 1 atom stereocenters. The van der Waals surface area contributed by atoms with E-state index in [0.717, 1.165) is 19.4 Å². The Kier molecular flexibility index (Phi) is 3.97. The second-order valence-electron chi connectivity index (χ2n) is 4.71. The summed E-state index contributed by atoms with van der Waals surface area (Å²) in [6.07, 6.45) is 2.05. The van der Waals surface area contributed by atoms with Gasteiger partial charge in [0.25, 0.3) is 5.91 Å². The van der Waals surface area contributed by atoms with Gasteiger partial charge in [-0.15, -0.1) is 0 Å². The Balaban J connectivity index is 2.15. The predicted octanol–water partition coefficient (Wildman–Crippen LogP) is 2.39. The number of aryl methyl sites for hydroxylation is 1. The number of ether oxygens (including phenoxy) is 1. The van der Waals surface area contributed by atoms with Crippen LogP contribution >= 0.6 is 0 Å². The van der Waals surface area contributed by atoms with Crippen LogP contribution in [0.2, 0.25) is 0 Å². The maximum absolute atomic E-state index is 13.0. The van der Waals surface area contributed by atoms with Gasteiger partial charge in [0.15, 0.2) is 0 Å². The summed E-state index contributed by atoms with van der Waals surface area (Å²) in [5.41, 5.74) is 1.26. The number of amides is 1. The molecule has 2 rings (SSSR count). The van der Waals surface area contributed by atoms with E-state index >= 15 is 0 Å². The Labute approximate surface area is 107 Å². The highest BCUT2D eigenvalue weighted by Gasteiger charge is 2.25. The lowest BCUT2D eigenvalue weighted by molar-refractivity contribution is 0.0268. The first-order chi connectivity index (χ1) is 8.61. The van der Waals surface area contributed by atoms with Crippen LogP contribution in [-0.4, -0.2) is 37.1 Å². The Morgan fingerprint density at radius 1 is 1.50 bits per heavy atom. The smallest absolute Gasteiger partial charge is 0.254 e. The summed E-state index contributed by atoms with van der Waals surface area (Å²) in [6, 6.07) is 4.28. The van der Waals surface area contributed by atoms with Gasteiger partial charge in [-0.2, -0.15) is 0 Å². The van der Waals surface area contributed by atoms with Crippen molar-refractivity contribution in [1.82, 2.24) is 4.90 Å². The lowest BCUT2D eigenvalue weighted by atomic mass is 10.0. The van der Waals surface area contributed by atoms with Gasteiger partial charge in [-0.05, 0) is 43.5 Å². The molecule has 0 aromatic heterocycles. The molecule has 0 bridgehead atoms. The molecular weight excluding hydrogens is 233 g/mol. The number of nitrogens with zero attached hydrogens (tertiary/aromatic N) is 1. The van der Waals surface area contributed by atoms with Gasteiger partial charge in [0, 0.05) is 25.8 Å². The number of carbonyl (C=O) groups excluding carboxylic acids is 1. The van der Waals surface area contributed by atoms with Gasteiger partial charge in [0.2, 0.25) is 0 Å². The van der Waals surface area contributed by atoms with Crippen molar-refractivity contribution in [2.24, 2.45) is 0 Å². The zero-order valence-corrected chi connectivity index (χ0v) is 10.8. The van der Waals surface area contributed by atoms with Gasteiger partial charge in [-0.1, -0.05) is 0 Å². The van der Waals surface area contributed by atoms with Crippen molar-refractivity contribution in [3.05, 3.63) is 35.1 Å². The summed E-state index contributed by atoms with van der Waals surface area (Å²) in [5.74, 6) is -0.341. The van der Waals surface area contributed by atoms with Crippen molar-refractivity contribution < 1.29 is 13.9 Å². The highest BCUT2D eigenvalue weighted by Crippen LogP contribution is 2.18. The fourth-order valence-corrected chi connectivity index (χ4v) is 2.35. The minimum Gasteiger partial charge on any atom is -0.380 e. The van der Waals surface area contributed by atoms with E-state index in [4.69, 9.17) is 4.74 Å². The molecule has 1 aromatic rings. The highest BCUT2D eigenvalue weighted by atomic mass is 19.1. The molecule has 0 spiro atoms. The van der Waals surface area contributed by atoms with E-state index in [1.165, 1.54) is 12.1 Å². The monoisotopic (exact) mass is 251 g/mol. The summed E-state index contributed by atoms with van der Waals surface area (Å²) >= 11 is 0. The zero-order chi connectivity index (χ0) is 13.1. The van der Waals surface area contributed by atoms with Crippen LogP contribution in [0.25, 0.3) is 0 Å². The average molecular weight is 251 g/mol. The van der Waals surface area contributed by atoms with Crippen molar-refractivity contribution in [3.63, 3.8) is 0 Å². The first-order valence-corrected chi connectivity index (χ1v) is 6.20. The van der Waals surface area contributed by atoms with Gasteiger partial charge in [-0.3, -0.25) is 4.79 Å². The van der Waals surface area contributed by atoms with Crippen LogP contribution in [-0.2, 0) is 4.74 Å². The van der Waals surface area contributed by atoms with Gasteiger partial charge < -0.3 is 9.64 Å². The Morgan fingerprint density at radius 3 is 2.94 bits per heavy atom. The summed E-state index contributed by atoms with van der Waals surface area (Å²) in [7, 11) is 1.67. The quantitative estimate of drug-likeness (QED) is 0.807. The fourth-order valence-electron chi connectivity index (χ4n) is 2.35. The number of likely N-dealkylation sites (tertiary alicyclic amines) is 1. The van der Waals surface area contributed by atoms with E-state index in [-0.39, 0.29) is 17.8 Å². The SMILES string of the molecule is COC1CCCN(C(=O)c2ccc(F)cc2C)C1. The Hall–Kier alpha value is -1.42. The number of halogens is 1. The molecule has 1 aliphatic heterocycles. The normalized spacial score (nSPS) is 19.9. The molecule has 0 radical (unpaired) electrons. The molecule has 0 saturated carbocycles. The third-order valence-electron chi connectivity index (χ3n) is 3.42. The van der Waals surface area contributed by atoms with E-state index in [1.807, 2.05) is 0 Å². The first kappa shape index (κ1) is 13.0. The lowest BCUT2D eigenvalue weighted by Gasteiger charge is -2.32. The van der Waals surface area contributed by atoms with Gasteiger partial charge in [0.1, 0.15) is 5.82 Å². The van der Waals surface area contributed by atoms with E-state index in [0.29, 0.717) is 17.7 Å². The van der Waals surface area contributed by atoms with Crippen LogP contribution in [0.4, 0.5) is 4.39 Å². The molecule has 0 aliphatic carbocycles. The first-order valence-electron chi connectivity index (χ1n) is 6.20. The van der Waals surface area contributed by atoms with Gasteiger partial charge in [0.05, 0.1) is 6.10 Å². The minimum atomic E-state index is -0.308. The standard InChI is InChI=1S/C14H18FNO2/c1-10-8-11(15)5-6-13(10)14(17)16-7-3-4-12(9-16)18-2/h5-6,8,12H,3-4,7,9H2,1-2H3. The number of methoxy groups -OCH3 is 1. The van der Waals surface area contributed by atoms with Crippen molar-refractivity contribution in [1.29, 1.82) is 0 Å². The van der Waals surface area contributed by atoms with Crippen LogP contribution < -0.4 is 0 Å². The molecule has 1 unspecified atom stereocenters. The molecule has 1 amide bonds. The minimum absolute atomic E-state index is 0.0331. The number of carbonyl (C=O) groups is 1. The maximum Gasteiger partial charge on any atom is 0.254 e. The van der Waals surface area contributed by atoms with E-state index in [9.17, 15) is 9.18 Å². The fraction of sp³-hybridized carbons (Fsp3) is 0.500. The highest BCUT2D eigenvalue weighted by molar-refractivity contribution is 5.95. The Bertz CT molecular complexity index is 447. The predicted molar refractivity (Wildman–Crippen MR) is 67.1 cm³/mol. The van der Waals surface area contributed by atoms with Crippen LogP contribution in [0.15, 0.2) is 18.2 Å². The van der Waals surface area contributed by atoms with Crippen molar-refractivity contribution >= 4 is 5.91 Å². The van der Waals surface area contributed by atoms with E-state index in [2.05, 4.69) is 0 Å². The average Bonchev–Trinajstić information content (AvgIpc) is 2.38. The van der Waals surface area contributed by atoms with Gasteiger partial charge in [-0.25, -0.2) is 4.39 Å². The summed E-state index contributed by atoms with van der Waals surface area (Å²) in [6.45, 7) is 3.12. The molecule has 0 N–H and O–H groups in total. The van der Waals surface area contributed by atoms with Crippen molar-refractivity contribution in [2.45, 2.75) is 25.9 Å². The molecule has 1 fully saturated rings. The second kappa shape index (κ2) is 5.48. The third-order valence-corrected chi connectivity index (χ3v) is 3.42. The number of rotatable bonds is 2. The molecule has 1 saturated heterocycles. The van der Waals surface area contributed by atoms with Crippen LogP contribution in [0, 0.1) is 12.7 Å². The molecule has 1 heterocycles. The van der Waals surface area contributed by atoms with Crippen LogP contribution in [0.3, 0.4) is 0 Å².